The van der Waals surface area contributed by atoms with Crippen LogP contribution < -0.4 is 10.1 Å². The largest absolute Gasteiger partial charge is 0.495 e. The van der Waals surface area contributed by atoms with Crippen LogP contribution in [0.25, 0.3) is 0 Å². The molecule has 2 aromatic rings. The van der Waals surface area contributed by atoms with Gasteiger partial charge in [-0.1, -0.05) is 17.7 Å². The van der Waals surface area contributed by atoms with Crippen molar-refractivity contribution in [1.29, 1.82) is 0 Å². The van der Waals surface area contributed by atoms with Gasteiger partial charge in [0.1, 0.15) is 5.75 Å². The van der Waals surface area contributed by atoms with Crippen LogP contribution in [0.3, 0.4) is 0 Å². The molecule has 1 unspecified atom stereocenters. The quantitative estimate of drug-likeness (QED) is 0.795. The van der Waals surface area contributed by atoms with Gasteiger partial charge in [-0.05, 0) is 50.2 Å². The third-order valence-electron chi connectivity index (χ3n) is 5.16. The van der Waals surface area contributed by atoms with Crippen LogP contribution in [0.5, 0.6) is 5.75 Å². The van der Waals surface area contributed by atoms with E-state index in [4.69, 9.17) is 16.3 Å². The van der Waals surface area contributed by atoms with Gasteiger partial charge < -0.3 is 19.9 Å². The number of hydrogen-bond acceptors (Lipinski definition) is 4. The van der Waals surface area contributed by atoms with Crippen LogP contribution in [0.1, 0.15) is 18.5 Å². The smallest absolute Gasteiger partial charge is 0.321 e. The number of methoxy groups -OCH3 is 1. The van der Waals surface area contributed by atoms with E-state index in [1.54, 1.807) is 25.3 Å². The van der Waals surface area contributed by atoms with Crippen LogP contribution in [0, 0.1) is 0 Å². The summed E-state index contributed by atoms with van der Waals surface area (Å²) < 4.78 is 5.15. The molecule has 1 aliphatic heterocycles. The van der Waals surface area contributed by atoms with E-state index >= 15 is 0 Å². The lowest BCUT2D eigenvalue weighted by atomic mass is 10.0. The van der Waals surface area contributed by atoms with Gasteiger partial charge in [0.2, 0.25) is 0 Å². The van der Waals surface area contributed by atoms with Crippen molar-refractivity contribution in [3.8, 4) is 5.75 Å². The molecule has 2 amide bonds. The van der Waals surface area contributed by atoms with Crippen molar-refractivity contribution in [2.45, 2.75) is 25.3 Å². The number of likely N-dealkylation sites (tertiary alicyclic amines) is 1. The first kappa shape index (κ1) is 20.4. The summed E-state index contributed by atoms with van der Waals surface area (Å²) >= 11 is 6.15. The second kappa shape index (κ2) is 9.75. The normalized spacial score (nSPS) is 16.9. The summed E-state index contributed by atoms with van der Waals surface area (Å²) in [6, 6.07) is 11.5. The molecule has 1 aliphatic rings. The molecule has 1 saturated heterocycles. The molecule has 1 aromatic heterocycles. The zero-order chi connectivity index (χ0) is 19.9. The minimum atomic E-state index is -0.0935. The number of carbonyl (C=O) groups is 1. The van der Waals surface area contributed by atoms with Crippen molar-refractivity contribution in [3.05, 3.63) is 53.3 Å². The molecule has 0 radical (unpaired) electrons. The summed E-state index contributed by atoms with van der Waals surface area (Å²) in [5.74, 6) is 0.590. The zero-order valence-electron chi connectivity index (χ0n) is 16.4. The number of benzene rings is 1. The molecular weight excluding hydrogens is 376 g/mol. The molecule has 1 atom stereocenters. The lowest BCUT2D eigenvalue weighted by Crippen LogP contribution is -2.50. The maximum absolute atomic E-state index is 12.7. The molecule has 0 aliphatic carbocycles. The van der Waals surface area contributed by atoms with Crippen LogP contribution in [-0.2, 0) is 6.42 Å². The summed E-state index contributed by atoms with van der Waals surface area (Å²) in [7, 11) is 3.69. The Labute approximate surface area is 171 Å². The first-order valence-corrected chi connectivity index (χ1v) is 9.94. The Hall–Kier alpha value is -2.31. The molecule has 1 aromatic carbocycles. The van der Waals surface area contributed by atoms with E-state index in [2.05, 4.69) is 28.3 Å². The molecule has 2 heterocycles. The minimum Gasteiger partial charge on any atom is -0.495 e. The Kier molecular flexibility index (Phi) is 7.12. The van der Waals surface area contributed by atoms with Gasteiger partial charge in [-0.15, -0.1) is 0 Å². The van der Waals surface area contributed by atoms with E-state index in [1.807, 2.05) is 23.2 Å². The van der Waals surface area contributed by atoms with Gasteiger partial charge in [-0.25, -0.2) is 4.79 Å². The number of nitrogens with one attached hydrogen (secondary N) is 1. The standard InChI is InChI=1S/C21H27ClN4O2/c1-25(13-10-16-6-3-4-11-23-16)18-7-5-12-26(15-18)21(27)24-17-8-9-20(28-2)19(22)14-17/h3-4,6,8-9,11,14,18H,5,7,10,12-13,15H2,1-2H3,(H,24,27). The van der Waals surface area contributed by atoms with Gasteiger partial charge in [-0.2, -0.15) is 0 Å². The number of anilines is 1. The summed E-state index contributed by atoms with van der Waals surface area (Å²) in [6.45, 7) is 2.40. The predicted molar refractivity (Wildman–Crippen MR) is 112 cm³/mol. The Morgan fingerprint density at radius 3 is 2.96 bits per heavy atom. The number of halogens is 1. The van der Waals surface area contributed by atoms with E-state index in [9.17, 15) is 4.79 Å². The van der Waals surface area contributed by atoms with Crippen molar-refractivity contribution in [3.63, 3.8) is 0 Å². The first-order chi connectivity index (χ1) is 13.6. The molecule has 28 heavy (non-hydrogen) atoms. The number of urea groups is 1. The lowest BCUT2D eigenvalue weighted by molar-refractivity contribution is 0.133. The minimum absolute atomic E-state index is 0.0935. The Morgan fingerprint density at radius 2 is 2.25 bits per heavy atom. The average Bonchev–Trinajstić information content (AvgIpc) is 2.73. The SMILES string of the molecule is COc1ccc(NC(=O)N2CCCC(N(C)CCc3ccccn3)C2)cc1Cl. The summed E-state index contributed by atoms with van der Waals surface area (Å²) in [4.78, 5) is 21.3. The second-order valence-corrected chi connectivity index (χ2v) is 7.48. The highest BCUT2D eigenvalue weighted by atomic mass is 35.5. The summed E-state index contributed by atoms with van der Waals surface area (Å²) in [6.07, 6.45) is 4.82. The molecule has 1 fully saturated rings. The maximum Gasteiger partial charge on any atom is 0.321 e. The molecule has 3 rings (SSSR count). The molecule has 0 saturated carbocycles. The number of likely N-dealkylation sites (N-methyl/N-ethyl adjacent to an activating group) is 1. The molecule has 1 N–H and O–H groups in total. The van der Waals surface area contributed by atoms with Crippen molar-refractivity contribution in [2.75, 3.05) is 39.1 Å². The number of aromatic nitrogens is 1. The molecular formula is C21H27ClN4O2. The predicted octanol–water partition coefficient (Wildman–Crippen LogP) is 3.91. The Bertz CT molecular complexity index is 787. The number of pyridine rings is 1. The van der Waals surface area contributed by atoms with Gasteiger partial charge >= 0.3 is 6.03 Å². The van der Waals surface area contributed by atoms with Crippen LogP contribution in [-0.4, -0.2) is 60.6 Å². The van der Waals surface area contributed by atoms with Gasteiger partial charge in [0, 0.05) is 49.7 Å². The maximum atomic E-state index is 12.7. The number of rotatable bonds is 6. The highest BCUT2D eigenvalue weighted by Gasteiger charge is 2.26. The van der Waals surface area contributed by atoms with E-state index in [0.717, 1.165) is 38.0 Å². The molecule has 0 spiro atoms. The number of carbonyl (C=O) groups excluding carboxylic acids is 1. The Morgan fingerprint density at radius 1 is 1.39 bits per heavy atom. The van der Waals surface area contributed by atoms with Crippen LogP contribution in [0.4, 0.5) is 10.5 Å². The number of piperidine rings is 1. The highest BCUT2D eigenvalue weighted by molar-refractivity contribution is 6.32. The van der Waals surface area contributed by atoms with Gasteiger partial charge in [0.15, 0.2) is 0 Å². The van der Waals surface area contributed by atoms with Crippen molar-refractivity contribution in [2.24, 2.45) is 0 Å². The van der Waals surface area contributed by atoms with Crippen LogP contribution in [0.2, 0.25) is 5.02 Å². The monoisotopic (exact) mass is 402 g/mol. The van der Waals surface area contributed by atoms with Crippen molar-refractivity contribution >= 4 is 23.3 Å². The zero-order valence-corrected chi connectivity index (χ0v) is 17.2. The van der Waals surface area contributed by atoms with E-state index in [-0.39, 0.29) is 6.03 Å². The van der Waals surface area contributed by atoms with Crippen LogP contribution in [0.15, 0.2) is 42.6 Å². The second-order valence-electron chi connectivity index (χ2n) is 7.07. The fourth-order valence-electron chi connectivity index (χ4n) is 3.47. The van der Waals surface area contributed by atoms with E-state index < -0.39 is 0 Å². The number of nitrogens with zero attached hydrogens (tertiary/aromatic N) is 3. The summed E-state index contributed by atoms with van der Waals surface area (Å²) in [5.41, 5.74) is 1.76. The Balaban J connectivity index is 1.53. The highest BCUT2D eigenvalue weighted by Crippen LogP contribution is 2.27. The topological polar surface area (TPSA) is 57.7 Å². The first-order valence-electron chi connectivity index (χ1n) is 9.56. The molecule has 150 valence electrons. The molecule has 7 heteroatoms. The van der Waals surface area contributed by atoms with Crippen molar-refractivity contribution < 1.29 is 9.53 Å². The molecule has 0 bridgehead atoms. The van der Waals surface area contributed by atoms with Gasteiger partial charge in [0.05, 0.1) is 12.1 Å². The van der Waals surface area contributed by atoms with Gasteiger partial charge in [-0.3, -0.25) is 4.98 Å². The fourth-order valence-corrected chi connectivity index (χ4v) is 3.72. The van der Waals surface area contributed by atoms with E-state index in [1.165, 1.54) is 0 Å². The number of hydrogen-bond donors (Lipinski definition) is 1. The van der Waals surface area contributed by atoms with Crippen LogP contribution >= 0.6 is 11.6 Å². The van der Waals surface area contributed by atoms with E-state index in [0.29, 0.717) is 29.0 Å². The summed E-state index contributed by atoms with van der Waals surface area (Å²) in [5, 5.41) is 3.42. The average molecular weight is 403 g/mol. The third kappa shape index (κ3) is 5.36. The van der Waals surface area contributed by atoms with Crippen molar-refractivity contribution in [1.82, 2.24) is 14.8 Å². The van der Waals surface area contributed by atoms with Gasteiger partial charge in [0.25, 0.3) is 0 Å². The number of amides is 2. The lowest BCUT2D eigenvalue weighted by Gasteiger charge is -2.37. The third-order valence-corrected chi connectivity index (χ3v) is 5.45. The number of ether oxygens (including phenoxy) is 1. The molecule has 6 nitrogen and oxygen atoms in total. The fraction of sp³-hybridized carbons (Fsp3) is 0.429.